The molecular weight excluding hydrogens is 382 g/mol. The lowest BCUT2D eigenvalue weighted by molar-refractivity contribution is -0.387. The van der Waals surface area contributed by atoms with Crippen molar-refractivity contribution in [3.63, 3.8) is 0 Å². The lowest BCUT2D eigenvalue weighted by Crippen LogP contribution is -2.43. The molecule has 0 spiro atoms. The van der Waals surface area contributed by atoms with Gasteiger partial charge in [0.15, 0.2) is 4.90 Å². The Morgan fingerprint density at radius 1 is 1.27 bits per heavy atom. The fourth-order valence-electron chi connectivity index (χ4n) is 3.76. The number of methoxy groups -OCH3 is 1. The molecule has 0 aromatic heterocycles. The van der Waals surface area contributed by atoms with E-state index >= 15 is 0 Å². The molecule has 0 amide bonds. The second-order valence-corrected chi connectivity index (χ2v) is 8.44. The predicted octanol–water partition coefficient (Wildman–Crippen LogP) is 2.18. The van der Waals surface area contributed by atoms with Gasteiger partial charge < -0.3 is 10.1 Å². The average Bonchev–Trinajstić information content (AvgIpc) is 3.16. The van der Waals surface area contributed by atoms with Crippen LogP contribution in [0.1, 0.15) is 25.7 Å². The standard InChI is InChI=1S/C16H23N3O5S.ClH/c1-24-13-4-5-16(15(11-13)19(20)21)25(22,23)18-9-6-12(7-10-18)14-3-2-8-17-14;/h4-5,11-12,14,17H,2-3,6-10H2,1H3;1H. The molecule has 1 N–H and O–H groups in total. The Balaban J connectivity index is 0.00000243. The van der Waals surface area contributed by atoms with Crippen LogP contribution in [0.3, 0.4) is 0 Å². The highest BCUT2D eigenvalue weighted by atomic mass is 35.5. The third kappa shape index (κ3) is 4.11. The van der Waals surface area contributed by atoms with E-state index < -0.39 is 20.6 Å². The maximum absolute atomic E-state index is 12.9. The largest absolute Gasteiger partial charge is 0.497 e. The molecule has 26 heavy (non-hydrogen) atoms. The van der Waals surface area contributed by atoms with Gasteiger partial charge in [-0.1, -0.05) is 0 Å². The molecule has 2 heterocycles. The van der Waals surface area contributed by atoms with Crippen molar-refractivity contribution in [1.29, 1.82) is 0 Å². The number of sulfonamides is 1. The maximum Gasteiger partial charge on any atom is 0.293 e. The molecule has 0 aliphatic carbocycles. The Morgan fingerprint density at radius 2 is 1.96 bits per heavy atom. The van der Waals surface area contributed by atoms with E-state index in [1.54, 1.807) is 0 Å². The Bertz CT molecular complexity index is 744. The summed E-state index contributed by atoms with van der Waals surface area (Å²) < 4.78 is 32.1. The van der Waals surface area contributed by atoms with Gasteiger partial charge in [0.25, 0.3) is 5.69 Å². The van der Waals surface area contributed by atoms with Gasteiger partial charge in [-0.15, -0.1) is 12.4 Å². The number of benzene rings is 1. The first kappa shape index (κ1) is 20.9. The summed E-state index contributed by atoms with van der Waals surface area (Å²) in [5.74, 6) is 0.733. The fourth-order valence-corrected chi connectivity index (χ4v) is 5.36. The van der Waals surface area contributed by atoms with Crippen molar-refractivity contribution in [3.8, 4) is 5.75 Å². The third-order valence-electron chi connectivity index (χ3n) is 5.15. The number of hydrogen-bond donors (Lipinski definition) is 1. The Labute approximate surface area is 159 Å². The van der Waals surface area contributed by atoms with Crippen LogP contribution in [0.25, 0.3) is 0 Å². The molecule has 2 aliphatic heterocycles. The normalized spacial score (nSPS) is 22.0. The fraction of sp³-hybridized carbons (Fsp3) is 0.625. The maximum atomic E-state index is 12.9. The van der Waals surface area contributed by atoms with E-state index in [2.05, 4.69) is 5.32 Å². The summed E-state index contributed by atoms with van der Waals surface area (Å²) in [4.78, 5) is 10.4. The van der Waals surface area contributed by atoms with Gasteiger partial charge in [0, 0.05) is 19.1 Å². The van der Waals surface area contributed by atoms with Crippen molar-refractivity contribution in [3.05, 3.63) is 28.3 Å². The molecule has 146 valence electrons. The summed E-state index contributed by atoms with van der Waals surface area (Å²) in [7, 11) is -2.51. The first-order chi connectivity index (χ1) is 11.9. The Morgan fingerprint density at radius 3 is 2.50 bits per heavy atom. The summed E-state index contributed by atoms with van der Waals surface area (Å²) in [6, 6.07) is 4.33. The quantitative estimate of drug-likeness (QED) is 0.595. The minimum Gasteiger partial charge on any atom is -0.497 e. The van der Waals surface area contributed by atoms with Gasteiger partial charge >= 0.3 is 0 Å². The van der Waals surface area contributed by atoms with Crippen molar-refractivity contribution in [2.75, 3.05) is 26.7 Å². The van der Waals surface area contributed by atoms with Crippen molar-refractivity contribution < 1.29 is 18.1 Å². The summed E-state index contributed by atoms with van der Waals surface area (Å²) in [5.41, 5.74) is -0.445. The van der Waals surface area contributed by atoms with Crippen LogP contribution in [0.5, 0.6) is 5.75 Å². The van der Waals surface area contributed by atoms with E-state index in [1.807, 2.05) is 0 Å². The third-order valence-corrected chi connectivity index (χ3v) is 7.09. The van der Waals surface area contributed by atoms with Crippen LogP contribution < -0.4 is 10.1 Å². The zero-order chi connectivity index (χ0) is 18.0. The zero-order valence-corrected chi connectivity index (χ0v) is 16.2. The second-order valence-electron chi connectivity index (χ2n) is 6.54. The number of nitrogens with one attached hydrogen (secondary N) is 1. The second kappa shape index (κ2) is 8.51. The summed E-state index contributed by atoms with van der Waals surface area (Å²) in [6.45, 7) is 1.82. The Hall–Kier alpha value is -1.42. The molecule has 1 unspecified atom stereocenters. The van der Waals surface area contributed by atoms with Crippen LogP contribution >= 0.6 is 12.4 Å². The van der Waals surface area contributed by atoms with Gasteiger partial charge in [-0.3, -0.25) is 10.1 Å². The molecule has 10 heteroatoms. The molecule has 1 aromatic carbocycles. The van der Waals surface area contributed by atoms with E-state index in [9.17, 15) is 18.5 Å². The minimum absolute atomic E-state index is 0. The van der Waals surface area contributed by atoms with Gasteiger partial charge in [0.1, 0.15) is 5.75 Å². The highest BCUT2D eigenvalue weighted by molar-refractivity contribution is 7.89. The summed E-state index contributed by atoms with van der Waals surface area (Å²) in [6.07, 6.45) is 3.87. The average molecular weight is 406 g/mol. The van der Waals surface area contributed by atoms with Crippen molar-refractivity contribution in [2.45, 2.75) is 36.6 Å². The highest BCUT2D eigenvalue weighted by Gasteiger charge is 2.36. The SMILES string of the molecule is COc1ccc(S(=O)(=O)N2CCC(C3CCCN3)CC2)c([N+](=O)[O-])c1.Cl. The van der Waals surface area contributed by atoms with Gasteiger partial charge in [0.2, 0.25) is 10.0 Å². The van der Waals surface area contributed by atoms with Crippen LogP contribution in [0, 0.1) is 16.0 Å². The number of ether oxygens (including phenoxy) is 1. The monoisotopic (exact) mass is 405 g/mol. The topological polar surface area (TPSA) is 102 Å². The Kier molecular flexibility index (Phi) is 6.84. The molecule has 2 aliphatic rings. The highest BCUT2D eigenvalue weighted by Crippen LogP contribution is 2.33. The van der Waals surface area contributed by atoms with Crippen LogP contribution in [0.4, 0.5) is 5.69 Å². The molecule has 2 fully saturated rings. The number of nitrogens with zero attached hydrogens (tertiary/aromatic N) is 2. The number of nitro groups is 1. The number of piperidine rings is 1. The molecular formula is C16H24ClN3O5S. The molecule has 0 radical (unpaired) electrons. The molecule has 0 saturated carbocycles. The van der Waals surface area contributed by atoms with Crippen molar-refractivity contribution >= 4 is 28.1 Å². The zero-order valence-electron chi connectivity index (χ0n) is 14.6. The predicted molar refractivity (Wildman–Crippen MR) is 99.4 cm³/mol. The first-order valence-electron chi connectivity index (χ1n) is 8.49. The smallest absolute Gasteiger partial charge is 0.293 e. The minimum atomic E-state index is -3.89. The molecule has 8 nitrogen and oxygen atoms in total. The van der Waals surface area contributed by atoms with Crippen molar-refractivity contribution in [2.24, 2.45) is 5.92 Å². The number of nitro benzene ring substituents is 1. The van der Waals surface area contributed by atoms with E-state index in [4.69, 9.17) is 4.74 Å². The number of halogens is 1. The lowest BCUT2D eigenvalue weighted by Gasteiger charge is -2.34. The summed E-state index contributed by atoms with van der Waals surface area (Å²) >= 11 is 0. The molecule has 1 atom stereocenters. The van der Waals surface area contributed by atoms with Crippen LogP contribution in [-0.4, -0.2) is 50.4 Å². The lowest BCUT2D eigenvalue weighted by atomic mass is 9.89. The van der Waals surface area contributed by atoms with E-state index in [-0.39, 0.29) is 23.1 Å². The molecule has 3 rings (SSSR count). The first-order valence-corrected chi connectivity index (χ1v) is 9.93. The van der Waals surface area contributed by atoms with Crippen LogP contribution in [-0.2, 0) is 10.0 Å². The molecule has 1 aromatic rings. The van der Waals surface area contributed by atoms with Crippen LogP contribution in [0.15, 0.2) is 23.1 Å². The molecule has 2 saturated heterocycles. The number of hydrogen-bond acceptors (Lipinski definition) is 6. The van der Waals surface area contributed by atoms with Gasteiger partial charge in [-0.25, -0.2) is 8.42 Å². The van der Waals surface area contributed by atoms with Crippen LogP contribution in [0.2, 0.25) is 0 Å². The van der Waals surface area contributed by atoms with E-state index in [0.717, 1.165) is 31.9 Å². The summed E-state index contributed by atoms with van der Waals surface area (Å²) in [5, 5.41) is 14.8. The van der Waals surface area contributed by atoms with E-state index in [0.29, 0.717) is 25.0 Å². The van der Waals surface area contributed by atoms with Gasteiger partial charge in [0.05, 0.1) is 18.1 Å². The number of rotatable bonds is 5. The molecule has 0 bridgehead atoms. The van der Waals surface area contributed by atoms with Crippen molar-refractivity contribution in [1.82, 2.24) is 9.62 Å². The van der Waals surface area contributed by atoms with Gasteiger partial charge in [-0.2, -0.15) is 4.31 Å². The van der Waals surface area contributed by atoms with Gasteiger partial charge in [-0.05, 0) is 50.3 Å². The van der Waals surface area contributed by atoms with E-state index in [1.165, 1.54) is 30.0 Å².